The summed E-state index contributed by atoms with van der Waals surface area (Å²) in [5, 5.41) is 7.62. The van der Waals surface area contributed by atoms with Gasteiger partial charge < -0.3 is 15.8 Å². The van der Waals surface area contributed by atoms with Gasteiger partial charge in [-0.3, -0.25) is 4.79 Å². The van der Waals surface area contributed by atoms with Crippen LogP contribution in [0.5, 0.6) is 0 Å². The van der Waals surface area contributed by atoms with Crippen LogP contribution in [0.1, 0.15) is 58.2 Å². The molecule has 5 rings (SSSR count). The highest BCUT2D eigenvalue weighted by atomic mass is 16.5. The number of nitrogens with one attached hydrogen (secondary N) is 1. The molecule has 1 amide bonds. The largest absolute Gasteiger partial charge is 0.368 e. The third kappa shape index (κ3) is 5.40. The zero-order valence-corrected chi connectivity index (χ0v) is 20.6. The number of nitrogens with two attached hydrogens (primary N) is 1. The van der Waals surface area contributed by atoms with E-state index in [4.69, 9.17) is 10.5 Å². The molecule has 0 saturated heterocycles. The average molecular weight is 481 g/mol. The van der Waals surface area contributed by atoms with Gasteiger partial charge in [-0.05, 0) is 72.7 Å². The molecule has 0 radical (unpaired) electrons. The minimum absolute atomic E-state index is 0.185. The second-order valence-electron chi connectivity index (χ2n) is 9.46. The summed E-state index contributed by atoms with van der Waals surface area (Å²) in [5.74, 6) is 0.415. The Kier molecular flexibility index (Phi) is 7.26. The van der Waals surface area contributed by atoms with Gasteiger partial charge in [0.1, 0.15) is 11.8 Å². The first-order valence-corrected chi connectivity index (χ1v) is 12.5. The van der Waals surface area contributed by atoms with Gasteiger partial charge in [-0.1, -0.05) is 61.0 Å². The summed E-state index contributed by atoms with van der Waals surface area (Å²) in [4.78, 5) is 13.4. The predicted octanol–water partition coefficient (Wildman–Crippen LogP) is 5.80. The van der Waals surface area contributed by atoms with E-state index in [0.29, 0.717) is 23.8 Å². The van der Waals surface area contributed by atoms with Crippen LogP contribution in [0.3, 0.4) is 0 Å². The third-order valence-corrected chi connectivity index (χ3v) is 6.73. The number of benzene rings is 3. The molecular formula is C30H32N4O2. The van der Waals surface area contributed by atoms with E-state index >= 15 is 0 Å². The zero-order chi connectivity index (χ0) is 24.9. The molecule has 1 atom stereocenters. The Morgan fingerprint density at radius 2 is 1.81 bits per heavy atom. The maximum absolute atomic E-state index is 13.4. The van der Waals surface area contributed by atoms with E-state index in [1.165, 1.54) is 19.3 Å². The number of hydrogen-bond acceptors (Lipinski definition) is 4. The number of carbonyl (C=O) groups excluding carboxylic acids is 1. The van der Waals surface area contributed by atoms with Crippen LogP contribution >= 0.6 is 0 Å². The lowest BCUT2D eigenvalue weighted by Crippen LogP contribution is -2.20. The molecule has 3 aromatic carbocycles. The first-order chi connectivity index (χ1) is 17.6. The summed E-state index contributed by atoms with van der Waals surface area (Å²) in [7, 11) is 0. The molecule has 6 heteroatoms. The van der Waals surface area contributed by atoms with Crippen molar-refractivity contribution in [2.75, 3.05) is 11.9 Å². The van der Waals surface area contributed by atoms with Gasteiger partial charge in [0.05, 0.1) is 18.0 Å². The number of amides is 1. The van der Waals surface area contributed by atoms with Crippen LogP contribution in [-0.4, -0.2) is 22.3 Å². The van der Waals surface area contributed by atoms with Gasteiger partial charge in [0, 0.05) is 12.2 Å². The third-order valence-electron chi connectivity index (χ3n) is 6.73. The molecule has 6 nitrogen and oxygen atoms in total. The second kappa shape index (κ2) is 10.9. The molecular weight excluding hydrogens is 448 g/mol. The SMILES string of the molecule is Cc1cc(C(=O)Nc2cccc(C(OCC3CCC3)c3ccccc3)c2)n(-c2cccc(CN)c2)n1. The number of hydrogen-bond donors (Lipinski definition) is 2. The van der Waals surface area contributed by atoms with Crippen LogP contribution in [0.2, 0.25) is 0 Å². The lowest BCUT2D eigenvalue weighted by atomic mass is 9.86. The van der Waals surface area contributed by atoms with Crippen LogP contribution in [0, 0.1) is 12.8 Å². The lowest BCUT2D eigenvalue weighted by molar-refractivity contribution is 0.0302. The molecule has 0 aliphatic heterocycles. The molecule has 3 N–H and O–H groups in total. The summed E-state index contributed by atoms with van der Waals surface area (Å²) in [6.07, 6.45) is 3.58. The van der Waals surface area contributed by atoms with Crippen molar-refractivity contribution in [2.24, 2.45) is 11.7 Å². The van der Waals surface area contributed by atoms with Gasteiger partial charge in [-0.15, -0.1) is 0 Å². The molecule has 1 aromatic heterocycles. The molecule has 0 spiro atoms. The first-order valence-electron chi connectivity index (χ1n) is 12.5. The fraction of sp³-hybridized carbons (Fsp3) is 0.267. The van der Waals surface area contributed by atoms with Crippen LogP contribution in [-0.2, 0) is 11.3 Å². The molecule has 4 aromatic rings. The molecule has 0 bridgehead atoms. The van der Waals surface area contributed by atoms with Crippen molar-refractivity contribution in [1.29, 1.82) is 0 Å². The Balaban J connectivity index is 1.39. The number of rotatable bonds is 9. The standard InChI is InChI=1S/C30H32N4O2/c1-21-16-28(34(33-21)27-15-6-10-23(17-27)19-31)30(35)32-26-14-7-13-25(18-26)29(24-11-3-2-4-12-24)36-20-22-8-5-9-22/h2-4,6-7,10-18,22,29H,5,8-9,19-20,31H2,1H3,(H,32,35). The lowest BCUT2D eigenvalue weighted by Gasteiger charge is -2.28. The summed E-state index contributed by atoms with van der Waals surface area (Å²) in [5.41, 5.74) is 11.7. The normalized spacial score (nSPS) is 14.3. The van der Waals surface area contributed by atoms with Crippen LogP contribution in [0.25, 0.3) is 5.69 Å². The number of ether oxygens (including phenoxy) is 1. The van der Waals surface area contributed by atoms with Crippen molar-refractivity contribution in [3.8, 4) is 5.69 Å². The van der Waals surface area contributed by atoms with E-state index in [2.05, 4.69) is 28.6 Å². The van der Waals surface area contributed by atoms with E-state index in [1.807, 2.05) is 67.6 Å². The second-order valence-corrected chi connectivity index (χ2v) is 9.46. The van der Waals surface area contributed by atoms with Crippen molar-refractivity contribution in [2.45, 2.75) is 38.8 Å². The number of anilines is 1. The molecule has 1 fully saturated rings. The fourth-order valence-corrected chi connectivity index (χ4v) is 4.55. The minimum Gasteiger partial charge on any atom is -0.368 e. The fourth-order valence-electron chi connectivity index (χ4n) is 4.55. The Morgan fingerprint density at radius 3 is 2.56 bits per heavy atom. The zero-order valence-electron chi connectivity index (χ0n) is 20.6. The summed E-state index contributed by atoms with van der Waals surface area (Å²) in [6, 6.07) is 27.7. The molecule has 1 saturated carbocycles. The van der Waals surface area contributed by atoms with E-state index in [-0.39, 0.29) is 12.0 Å². The number of nitrogens with zero attached hydrogens (tertiary/aromatic N) is 2. The Morgan fingerprint density at radius 1 is 1.03 bits per heavy atom. The minimum atomic E-state index is -0.224. The number of aromatic nitrogens is 2. The highest BCUT2D eigenvalue weighted by Crippen LogP contribution is 2.32. The highest BCUT2D eigenvalue weighted by molar-refractivity contribution is 6.03. The van der Waals surface area contributed by atoms with Crippen molar-refractivity contribution in [3.05, 3.63) is 113 Å². The van der Waals surface area contributed by atoms with Crippen LogP contribution in [0.4, 0.5) is 5.69 Å². The van der Waals surface area contributed by atoms with Crippen molar-refractivity contribution in [1.82, 2.24) is 9.78 Å². The maximum Gasteiger partial charge on any atom is 0.274 e. The van der Waals surface area contributed by atoms with Crippen LogP contribution in [0.15, 0.2) is 84.9 Å². The summed E-state index contributed by atoms with van der Waals surface area (Å²) >= 11 is 0. The van der Waals surface area contributed by atoms with E-state index in [1.54, 1.807) is 10.7 Å². The van der Waals surface area contributed by atoms with Gasteiger partial charge in [0.15, 0.2) is 0 Å². The molecule has 1 unspecified atom stereocenters. The van der Waals surface area contributed by atoms with E-state index < -0.39 is 0 Å². The first kappa shape index (κ1) is 24.0. The number of aryl methyl sites for hydroxylation is 1. The molecule has 1 aliphatic carbocycles. The number of carbonyl (C=O) groups is 1. The van der Waals surface area contributed by atoms with Crippen molar-refractivity contribution >= 4 is 11.6 Å². The smallest absolute Gasteiger partial charge is 0.274 e. The Labute approximate surface area is 212 Å². The maximum atomic E-state index is 13.4. The molecule has 184 valence electrons. The topological polar surface area (TPSA) is 82.2 Å². The predicted molar refractivity (Wildman–Crippen MR) is 142 cm³/mol. The summed E-state index contributed by atoms with van der Waals surface area (Å²) < 4.78 is 8.10. The van der Waals surface area contributed by atoms with Gasteiger partial charge in [0.25, 0.3) is 5.91 Å². The molecule has 1 heterocycles. The van der Waals surface area contributed by atoms with Gasteiger partial charge in [-0.25, -0.2) is 4.68 Å². The van der Waals surface area contributed by atoms with E-state index in [0.717, 1.165) is 34.7 Å². The monoisotopic (exact) mass is 480 g/mol. The quantitative estimate of drug-likeness (QED) is 0.317. The van der Waals surface area contributed by atoms with E-state index in [9.17, 15) is 4.79 Å². The van der Waals surface area contributed by atoms with Crippen LogP contribution < -0.4 is 11.1 Å². The average Bonchev–Trinajstić information content (AvgIpc) is 3.28. The Hall–Kier alpha value is -3.74. The molecule has 1 aliphatic rings. The van der Waals surface area contributed by atoms with Crippen molar-refractivity contribution < 1.29 is 9.53 Å². The highest BCUT2D eigenvalue weighted by Gasteiger charge is 2.22. The molecule has 36 heavy (non-hydrogen) atoms. The van der Waals surface area contributed by atoms with Gasteiger partial charge in [-0.2, -0.15) is 5.10 Å². The summed E-state index contributed by atoms with van der Waals surface area (Å²) in [6.45, 7) is 3.05. The van der Waals surface area contributed by atoms with Gasteiger partial charge in [0.2, 0.25) is 0 Å². The van der Waals surface area contributed by atoms with Crippen molar-refractivity contribution in [3.63, 3.8) is 0 Å². The van der Waals surface area contributed by atoms with Gasteiger partial charge >= 0.3 is 0 Å². The Bertz CT molecular complexity index is 1330.